The minimum absolute atomic E-state index is 0. The number of aliphatic carboxylic acids is 1. The number of aromatic nitrogens is 2. The maximum atomic E-state index is 12.6. The van der Waals surface area contributed by atoms with Gasteiger partial charge in [-0.25, -0.2) is 0 Å². The minimum Gasteiger partial charge on any atom is -0.543 e. The van der Waals surface area contributed by atoms with Crippen LogP contribution in [0, 0.1) is 12.3 Å². The van der Waals surface area contributed by atoms with Crippen LogP contribution in [0.1, 0.15) is 16.4 Å². The van der Waals surface area contributed by atoms with Crippen LogP contribution in [0.25, 0.3) is 5.57 Å². The number of β-lactam (4-membered cyclic amide) rings is 1. The largest absolute Gasteiger partial charge is 1.00 e. The third-order valence-electron chi connectivity index (χ3n) is 4.46. The second-order valence-corrected chi connectivity index (χ2v) is 9.70. The Morgan fingerprint density at radius 3 is 2.76 bits per heavy atom. The number of rotatable bonds is 5. The molecule has 3 atom stereocenters. The summed E-state index contributed by atoms with van der Waals surface area (Å²) >= 11 is 3.96. The van der Waals surface area contributed by atoms with Crippen molar-refractivity contribution in [3.8, 4) is 0 Å². The Bertz CT molecular complexity index is 922. The number of aryl methyl sites for hydroxylation is 1. The van der Waals surface area contributed by atoms with Gasteiger partial charge in [-0.15, -0.1) is 22.0 Å². The summed E-state index contributed by atoms with van der Waals surface area (Å²) in [5.74, 6) is -1.29. The molecule has 0 aromatic carbocycles. The number of fused-ring (bicyclic) bond motifs is 1. The zero-order chi connectivity index (χ0) is 20.0. The van der Waals surface area contributed by atoms with E-state index in [2.05, 4.69) is 20.8 Å². The first-order chi connectivity index (χ1) is 13.3. The van der Waals surface area contributed by atoms with E-state index in [0.29, 0.717) is 32.3 Å². The number of thioether (sulfide) groups is 2. The summed E-state index contributed by atoms with van der Waals surface area (Å²) in [5.41, 5.74) is 0.216. The number of nitrogens with one attached hydrogen (secondary N) is 3. The van der Waals surface area contributed by atoms with Crippen molar-refractivity contribution in [1.29, 1.82) is 5.41 Å². The number of carboxylic acids is 1. The molecule has 2 amide bonds. The molecule has 3 aliphatic rings. The number of amidine groups is 1. The predicted molar refractivity (Wildman–Crippen MR) is 103 cm³/mol. The Morgan fingerprint density at radius 1 is 1.41 bits per heavy atom. The SMILES string of the molecule is Cc1nnc(C2=C(C(=O)[O-])N3C(=O)C(NC(=O)CC4CSC(=N)N4)[C@@H]3SC2)s1.[Na+]. The van der Waals surface area contributed by atoms with Gasteiger partial charge in [-0.05, 0) is 6.92 Å². The Labute approximate surface area is 200 Å². The van der Waals surface area contributed by atoms with Crippen molar-refractivity contribution in [2.24, 2.45) is 0 Å². The molecule has 1 aromatic rings. The fraction of sp³-hybridized carbons (Fsp3) is 0.467. The van der Waals surface area contributed by atoms with Gasteiger partial charge in [0, 0.05) is 29.5 Å². The normalized spacial score (nSPS) is 25.7. The van der Waals surface area contributed by atoms with Crippen molar-refractivity contribution in [3.05, 3.63) is 15.7 Å². The summed E-state index contributed by atoms with van der Waals surface area (Å²) in [6, 6.07) is -0.924. The molecule has 0 saturated carbocycles. The van der Waals surface area contributed by atoms with Crippen LogP contribution in [0.15, 0.2) is 5.70 Å². The molecule has 2 fully saturated rings. The van der Waals surface area contributed by atoms with E-state index in [1.54, 1.807) is 6.92 Å². The number of carboxylic acid groups (broad SMARTS) is 1. The summed E-state index contributed by atoms with van der Waals surface area (Å²) in [6.45, 7) is 1.76. The van der Waals surface area contributed by atoms with Crippen molar-refractivity contribution < 1.29 is 49.0 Å². The number of carbonyl (C=O) groups excluding carboxylic acids is 3. The summed E-state index contributed by atoms with van der Waals surface area (Å²) < 4.78 is 0. The standard InChI is InChI=1S/C15H16N6O4S3.Na/c1-5-19-20-11(28-5)7-4-26-13-9(12(23)21(13)10(7)14(24)25)18-8(22)2-6-3-27-15(16)17-6;/h6,9,13H,2-4H2,1H3,(H2,16,17)(H,18,22)(H,24,25);/q;+1/p-1/t6?,9?,13-;/m0./s1. The molecule has 0 radical (unpaired) electrons. The van der Waals surface area contributed by atoms with Gasteiger partial charge < -0.3 is 20.5 Å². The van der Waals surface area contributed by atoms with E-state index in [0.717, 1.165) is 0 Å². The number of nitrogens with zero attached hydrogens (tertiary/aromatic N) is 3. The Balaban J connectivity index is 0.00000240. The smallest absolute Gasteiger partial charge is 0.543 e. The van der Waals surface area contributed by atoms with E-state index in [4.69, 9.17) is 5.41 Å². The van der Waals surface area contributed by atoms with E-state index in [1.165, 1.54) is 39.8 Å². The second kappa shape index (κ2) is 8.94. The van der Waals surface area contributed by atoms with Crippen molar-refractivity contribution in [2.75, 3.05) is 11.5 Å². The Morgan fingerprint density at radius 2 is 2.17 bits per heavy atom. The van der Waals surface area contributed by atoms with Crippen LogP contribution in [0.5, 0.6) is 0 Å². The van der Waals surface area contributed by atoms with Crippen LogP contribution in [-0.2, 0) is 14.4 Å². The fourth-order valence-corrected chi connectivity index (χ4v) is 6.20. The van der Waals surface area contributed by atoms with Crippen LogP contribution in [0.2, 0.25) is 0 Å². The Hall–Kier alpha value is -1.12. The van der Waals surface area contributed by atoms with Crippen LogP contribution < -0.4 is 45.3 Å². The number of amides is 2. The molecule has 0 aliphatic carbocycles. The van der Waals surface area contributed by atoms with Crippen LogP contribution in [0.4, 0.5) is 0 Å². The molecule has 29 heavy (non-hydrogen) atoms. The van der Waals surface area contributed by atoms with Gasteiger partial charge >= 0.3 is 29.6 Å². The first-order valence-electron chi connectivity index (χ1n) is 8.32. The summed E-state index contributed by atoms with van der Waals surface area (Å²) in [6.07, 6.45) is 0.148. The monoisotopic (exact) mass is 462 g/mol. The van der Waals surface area contributed by atoms with Crippen molar-refractivity contribution >= 4 is 63.4 Å². The third-order valence-corrected chi connectivity index (χ3v) is 7.61. The second-order valence-electron chi connectivity index (χ2n) is 6.38. The number of carbonyl (C=O) groups is 3. The maximum absolute atomic E-state index is 12.6. The minimum atomic E-state index is -1.45. The van der Waals surface area contributed by atoms with Crippen molar-refractivity contribution in [3.63, 3.8) is 0 Å². The van der Waals surface area contributed by atoms with E-state index in [1.807, 2.05) is 0 Å². The first-order valence-corrected chi connectivity index (χ1v) is 11.2. The van der Waals surface area contributed by atoms with Gasteiger partial charge in [0.05, 0.1) is 11.7 Å². The molecule has 0 bridgehead atoms. The summed E-state index contributed by atoms with van der Waals surface area (Å²) in [5, 5.41) is 33.7. The van der Waals surface area contributed by atoms with E-state index < -0.39 is 23.3 Å². The molecule has 3 aliphatic heterocycles. The van der Waals surface area contributed by atoms with E-state index >= 15 is 0 Å². The van der Waals surface area contributed by atoms with Crippen molar-refractivity contribution in [1.82, 2.24) is 25.7 Å². The third kappa shape index (κ3) is 4.35. The van der Waals surface area contributed by atoms with Gasteiger partial charge in [0.1, 0.15) is 21.4 Å². The molecule has 4 rings (SSSR count). The number of hydrogen-bond donors (Lipinski definition) is 3. The topological polar surface area (TPSA) is 151 Å². The van der Waals surface area contributed by atoms with Gasteiger partial charge in [-0.1, -0.05) is 23.1 Å². The van der Waals surface area contributed by atoms with Gasteiger partial charge in [0.15, 0.2) is 5.17 Å². The molecule has 10 nitrogen and oxygen atoms in total. The molecule has 2 saturated heterocycles. The van der Waals surface area contributed by atoms with E-state index in [9.17, 15) is 19.5 Å². The number of hydrogen-bond acceptors (Lipinski definition) is 10. The molecule has 4 heterocycles. The predicted octanol–water partition coefficient (Wildman–Crippen LogP) is -4.26. The van der Waals surface area contributed by atoms with Crippen LogP contribution in [0.3, 0.4) is 0 Å². The van der Waals surface area contributed by atoms with Crippen LogP contribution >= 0.6 is 34.9 Å². The average Bonchev–Trinajstić information content (AvgIpc) is 3.26. The van der Waals surface area contributed by atoms with Crippen molar-refractivity contribution in [2.45, 2.75) is 30.8 Å². The van der Waals surface area contributed by atoms with Gasteiger partial charge in [0.25, 0.3) is 5.91 Å². The van der Waals surface area contributed by atoms with Gasteiger partial charge in [-0.3, -0.25) is 19.9 Å². The molecule has 148 valence electrons. The van der Waals surface area contributed by atoms with Gasteiger partial charge in [0.2, 0.25) is 5.91 Å². The molecule has 14 heteroatoms. The van der Waals surface area contributed by atoms with Crippen LogP contribution in [-0.4, -0.2) is 67.0 Å². The molecular weight excluding hydrogens is 447 g/mol. The maximum Gasteiger partial charge on any atom is 1.00 e. The summed E-state index contributed by atoms with van der Waals surface area (Å²) in [7, 11) is 0. The molecule has 1 aromatic heterocycles. The zero-order valence-electron chi connectivity index (χ0n) is 15.6. The average molecular weight is 463 g/mol. The first kappa shape index (κ1) is 22.6. The molecule has 2 unspecified atom stereocenters. The Kier molecular flexibility index (Phi) is 6.95. The quantitative estimate of drug-likeness (QED) is 0.292. The zero-order valence-corrected chi connectivity index (χ0v) is 20.0. The molecule has 3 N–H and O–H groups in total. The molecular formula is C15H15N6NaO4S3. The summed E-state index contributed by atoms with van der Waals surface area (Å²) in [4.78, 5) is 37.8. The fourth-order valence-electron chi connectivity index (χ4n) is 3.21. The molecule has 0 spiro atoms. The van der Waals surface area contributed by atoms with E-state index in [-0.39, 0.29) is 53.6 Å². The van der Waals surface area contributed by atoms with Gasteiger partial charge in [-0.2, -0.15) is 0 Å².